The van der Waals surface area contributed by atoms with Gasteiger partial charge in [-0.1, -0.05) is 6.92 Å². The maximum Gasteiger partial charge on any atom is 0.0522 e. The molecule has 18 heavy (non-hydrogen) atoms. The quantitative estimate of drug-likeness (QED) is 0.731. The Labute approximate surface area is 110 Å². The van der Waals surface area contributed by atoms with Gasteiger partial charge in [-0.05, 0) is 37.2 Å². The van der Waals surface area contributed by atoms with Crippen LogP contribution in [0.4, 0.5) is 0 Å². The minimum absolute atomic E-state index is 0.519. The van der Waals surface area contributed by atoms with E-state index in [1.165, 1.54) is 25.0 Å². The molecule has 102 valence electrons. The van der Waals surface area contributed by atoms with E-state index in [2.05, 4.69) is 28.1 Å². The molecule has 0 saturated heterocycles. The fourth-order valence-corrected chi connectivity index (χ4v) is 2.39. The summed E-state index contributed by atoms with van der Waals surface area (Å²) in [4.78, 5) is 0. The van der Waals surface area contributed by atoms with E-state index in [9.17, 15) is 0 Å². The predicted octanol–water partition coefficient (Wildman–Crippen LogP) is 2.20. The molecule has 1 fully saturated rings. The summed E-state index contributed by atoms with van der Waals surface area (Å²) in [6.07, 6.45) is 6.90. The minimum Gasteiger partial charge on any atom is -0.385 e. The van der Waals surface area contributed by atoms with Crippen molar-refractivity contribution in [1.82, 2.24) is 15.1 Å². The Kier molecular flexibility index (Phi) is 4.78. The van der Waals surface area contributed by atoms with Gasteiger partial charge in [0.25, 0.3) is 0 Å². The molecule has 4 nitrogen and oxygen atoms in total. The largest absolute Gasteiger partial charge is 0.385 e. The van der Waals surface area contributed by atoms with Gasteiger partial charge < -0.3 is 10.1 Å². The fraction of sp³-hybridized carbons (Fsp3) is 0.786. The second-order valence-electron chi connectivity index (χ2n) is 5.39. The van der Waals surface area contributed by atoms with Gasteiger partial charge >= 0.3 is 0 Å². The molecule has 1 aromatic rings. The fourth-order valence-electron chi connectivity index (χ4n) is 2.39. The summed E-state index contributed by atoms with van der Waals surface area (Å²) in [6, 6.07) is 2.11. The molecule has 1 heterocycles. The van der Waals surface area contributed by atoms with Crippen LogP contribution in [0.25, 0.3) is 0 Å². The first kappa shape index (κ1) is 13.6. The molecule has 1 N–H and O–H groups in total. The SMILES string of the molecule is CCCn1nccc1CNCC1(CCOC)CC1. The van der Waals surface area contributed by atoms with E-state index in [1.807, 2.05) is 6.20 Å². The number of hydrogen-bond acceptors (Lipinski definition) is 3. The van der Waals surface area contributed by atoms with Gasteiger partial charge in [0.2, 0.25) is 0 Å². The maximum atomic E-state index is 5.18. The number of ether oxygens (including phenoxy) is 1. The number of aryl methyl sites for hydroxylation is 1. The molecule has 4 heteroatoms. The van der Waals surface area contributed by atoms with E-state index >= 15 is 0 Å². The Hall–Kier alpha value is -0.870. The predicted molar refractivity (Wildman–Crippen MR) is 72.4 cm³/mol. The summed E-state index contributed by atoms with van der Waals surface area (Å²) in [7, 11) is 1.78. The van der Waals surface area contributed by atoms with E-state index in [0.717, 1.165) is 32.7 Å². The van der Waals surface area contributed by atoms with Crippen molar-refractivity contribution in [2.24, 2.45) is 5.41 Å². The van der Waals surface area contributed by atoms with Gasteiger partial charge in [0, 0.05) is 39.5 Å². The van der Waals surface area contributed by atoms with Gasteiger partial charge in [-0.15, -0.1) is 0 Å². The van der Waals surface area contributed by atoms with Crippen molar-refractivity contribution in [2.75, 3.05) is 20.3 Å². The topological polar surface area (TPSA) is 39.1 Å². The summed E-state index contributed by atoms with van der Waals surface area (Å²) in [5, 5.41) is 7.92. The number of methoxy groups -OCH3 is 1. The van der Waals surface area contributed by atoms with Crippen molar-refractivity contribution < 1.29 is 4.74 Å². The Morgan fingerprint density at radius 3 is 3.00 bits per heavy atom. The van der Waals surface area contributed by atoms with E-state index in [1.54, 1.807) is 7.11 Å². The summed E-state index contributed by atoms with van der Waals surface area (Å²) in [5.74, 6) is 0. The lowest BCUT2D eigenvalue weighted by molar-refractivity contribution is 0.171. The minimum atomic E-state index is 0.519. The number of aromatic nitrogens is 2. The van der Waals surface area contributed by atoms with E-state index in [0.29, 0.717) is 5.41 Å². The Bertz CT molecular complexity index is 358. The molecule has 0 radical (unpaired) electrons. The lowest BCUT2D eigenvalue weighted by Gasteiger charge is -2.15. The third kappa shape index (κ3) is 3.56. The first-order chi connectivity index (χ1) is 8.79. The summed E-state index contributed by atoms with van der Waals surface area (Å²) < 4.78 is 7.28. The van der Waals surface area contributed by atoms with E-state index in [-0.39, 0.29) is 0 Å². The van der Waals surface area contributed by atoms with Gasteiger partial charge in [-0.3, -0.25) is 4.68 Å². The Morgan fingerprint density at radius 2 is 2.33 bits per heavy atom. The number of hydrogen-bond donors (Lipinski definition) is 1. The highest BCUT2D eigenvalue weighted by Gasteiger charge is 2.41. The first-order valence-electron chi connectivity index (χ1n) is 7.00. The Balaban J connectivity index is 1.73. The lowest BCUT2D eigenvalue weighted by atomic mass is 10.0. The number of rotatable bonds is 9. The van der Waals surface area contributed by atoms with Crippen LogP contribution in [-0.4, -0.2) is 30.0 Å². The monoisotopic (exact) mass is 251 g/mol. The van der Waals surface area contributed by atoms with Crippen LogP contribution in [-0.2, 0) is 17.8 Å². The van der Waals surface area contributed by atoms with Crippen LogP contribution in [0.3, 0.4) is 0 Å². The highest BCUT2D eigenvalue weighted by Crippen LogP contribution is 2.48. The molecule has 1 aliphatic rings. The highest BCUT2D eigenvalue weighted by molar-refractivity contribution is 5.01. The molecule has 2 rings (SSSR count). The van der Waals surface area contributed by atoms with Gasteiger partial charge in [0.15, 0.2) is 0 Å². The van der Waals surface area contributed by atoms with Gasteiger partial charge in [-0.25, -0.2) is 0 Å². The van der Waals surface area contributed by atoms with Gasteiger partial charge in [-0.2, -0.15) is 5.10 Å². The van der Waals surface area contributed by atoms with E-state index in [4.69, 9.17) is 4.74 Å². The zero-order valence-corrected chi connectivity index (χ0v) is 11.6. The van der Waals surface area contributed by atoms with Crippen LogP contribution >= 0.6 is 0 Å². The molecular weight excluding hydrogens is 226 g/mol. The molecule has 0 unspecified atom stereocenters. The van der Waals surface area contributed by atoms with Gasteiger partial charge in [0.05, 0.1) is 5.69 Å². The lowest BCUT2D eigenvalue weighted by Crippen LogP contribution is -2.25. The standard InChI is InChI=1S/C14H25N3O/c1-3-9-17-13(4-8-16-17)11-15-12-14(5-6-14)7-10-18-2/h4,8,15H,3,5-7,9-12H2,1-2H3. The molecule has 0 amide bonds. The molecule has 1 aliphatic carbocycles. The summed E-state index contributed by atoms with van der Waals surface area (Å²) in [6.45, 7) is 6.11. The van der Waals surface area contributed by atoms with Gasteiger partial charge in [0.1, 0.15) is 0 Å². The molecule has 0 spiro atoms. The van der Waals surface area contributed by atoms with Crippen LogP contribution in [0.1, 0.15) is 38.3 Å². The highest BCUT2D eigenvalue weighted by atomic mass is 16.5. The third-order valence-electron chi connectivity index (χ3n) is 3.84. The zero-order chi connectivity index (χ0) is 12.8. The van der Waals surface area contributed by atoms with E-state index < -0.39 is 0 Å². The summed E-state index contributed by atoms with van der Waals surface area (Å²) >= 11 is 0. The molecule has 0 aromatic carbocycles. The third-order valence-corrected chi connectivity index (χ3v) is 3.84. The van der Waals surface area contributed by atoms with Crippen molar-refractivity contribution in [3.63, 3.8) is 0 Å². The van der Waals surface area contributed by atoms with Crippen LogP contribution < -0.4 is 5.32 Å². The number of nitrogens with zero attached hydrogens (tertiary/aromatic N) is 2. The average Bonchev–Trinajstić information content (AvgIpc) is 3.01. The van der Waals surface area contributed by atoms with Crippen LogP contribution in [0.2, 0.25) is 0 Å². The zero-order valence-electron chi connectivity index (χ0n) is 11.6. The molecule has 0 aliphatic heterocycles. The normalized spacial score (nSPS) is 17.0. The summed E-state index contributed by atoms with van der Waals surface area (Å²) in [5.41, 5.74) is 1.81. The van der Waals surface area contributed by atoms with Crippen LogP contribution in [0.5, 0.6) is 0 Å². The average molecular weight is 251 g/mol. The van der Waals surface area contributed by atoms with Crippen molar-refractivity contribution in [3.05, 3.63) is 18.0 Å². The van der Waals surface area contributed by atoms with Crippen molar-refractivity contribution in [1.29, 1.82) is 0 Å². The molecule has 1 aromatic heterocycles. The maximum absolute atomic E-state index is 5.18. The molecule has 0 bridgehead atoms. The molecule has 0 atom stereocenters. The van der Waals surface area contributed by atoms with Crippen LogP contribution in [0.15, 0.2) is 12.3 Å². The number of nitrogens with one attached hydrogen (secondary N) is 1. The molecular formula is C14H25N3O. The Morgan fingerprint density at radius 1 is 1.50 bits per heavy atom. The van der Waals surface area contributed by atoms with Crippen LogP contribution in [0, 0.1) is 5.41 Å². The van der Waals surface area contributed by atoms with Crippen molar-refractivity contribution in [2.45, 2.75) is 45.7 Å². The second kappa shape index (κ2) is 6.34. The molecule has 1 saturated carbocycles. The van der Waals surface area contributed by atoms with Crippen molar-refractivity contribution >= 4 is 0 Å². The smallest absolute Gasteiger partial charge is 0.0522 e. The second-order valence-corrected chi connectivity index (χ2v) is 5.39. The first-order valence-corrected chi connectivity index (χ1v) is 7.00. The van der Waals surface area contributed by atoms with Crippen molar-refractivity contribution in [3.8, 4) is 0 Å².